The molecule has 2 N–H and O–H groups in total. The van der Waals surface area contributed by atoms with E-state index in [0.29, 0.717) is 11.5 Å². The first-order valence-electron chi connectivity index (χ1n) is 6.89. The average molecular weight is 298 g/mol. The molecule has 1 fully saturated rings. The molecular weight excluding hydrogens is 276 g/mol. The van der Waals surface area contributed by atoms with Crippen LogP contribution in [-0.4, -0.2) is 34.2 Å². The molecule has 112 valence electrons. The van der Waals surface area contributed by atoms with Crippen molar-refractivity contribution in [1.29, 1.82) is 0 Å². The summed E-state index contributed by atoms with van der Waals surface area (Å²) in [4.78, 5) is 0.319. The van der Waals surface area contributed by atoms with Crippen LogP contribution in [0.4, 0.5) is 5.69 Å². The van der Waals surface area contributed by atoms with Crippen LogP contribution in [0.1, 0.15) is 26.2 Å². The van der Waals surface area contributed by atoms with E-state index in [-0.39, 0.29) is 12.1 Å². The summed E-state index contributed by atoms with van der Waals surface area (Å²) in [5.74, 6) is 0. The maximum Gasteiger partial charge on any atom is 0.240 e. The summed E-state index contributed by atoms with van der Waals surface area (Å²) in [7, 11) is -1.67. The van der Waals surface area contributed by atoms with Gasteiger partial charge in [-0.05, 0) is 50.5 Å². The molecule has 1 atom stereocenters. The first kappa shape index (κ1) is 15.3. The van der Waals surface area contributed by atoms with Gasteiger partial charge in [-0.25, -0.2) is 13.1 Å². The van der Waals surface area contributed by atoms with Crippen molar-refractivity contribution in [2.45, 2.75) is 43.2 Å². The molecule has 0 heterocycles. The lowest BCUT2D eigenvalue weighted by atomic mass is 10.2. The minimum Gasteiger partial charge on any atom is -0.385 e. The number of hydrogen-bond donors (Lipinski definition) is 2. The summed E-state index contributed by atoms with van der Waals surface area (Å²) < 4.78 is 31.7. The van der Waals surface area contributed by atoms with Crippen LogP contribution in [0.25, 0.3) is 0 Å². The zero-order chi connectivity index (χ0) is 14.6. The monoisotopic (exact) mass is 298 g/mol. The number of ether oxygens (including phenoxy) is 1. The Labute approximate surface area is 120 Å². The molecule has 0 spiro atoms. The second-order valence-electron chi connectivity index (χ2n) is 5.25. The lowest BCUT2D eigenvalue weighted by Gasteiger charge is -2.15. The third-order valence-electron chi connectivity index (χ3n) is 3.23. The highest BCUT2D eigenvalue weighted by Gasteiger charge is 2.27. The van der Waals surface area contributed by atoms with Crippen molar-refractivity contribution in [1.82, 2.24) is 4.72 Å². The smallest absolute Gasteiger partial charge is 0.240 e. The van der Waals surface area contributed by atoms with Gasteiger partial charge in [0.1, 0.15) is 0 Å². The van der Waals surface area contributed by atoms with Crippen LogP contribution in [-0.2, 0) is 14.8 Å². The molecule has 20 heavy (non-hydrogen) atoms. The van der Waals surface area contributed by atoms with E-state index in [0.717, 1.165) is 24.9 Å². The molecule has 1 aromatic rings. The Morgan fingerprint density at radius 3 is 2.50 bits per heavy atom. The minimum atomic E-state index is -3.35. The van der Waals surface area contributed by atoms with Gasteiger partial charge in [0.2, 0.25) is 10.0 Å². The van der Waals surface area contributed by atoms with E-state index in [1.807, 2.05) is 0 Å². The maximum atomic E-state index is 12.0. The van der Waals surface area contributed by atoms with Gasteiger partial charge < -0.3 is 10.1 Å². The van der Waals surface area contributed by atoms with Gasteiger partial charge in [0.05, 0.1) is 4.90 Å². The van der Waals surface area contributed by atoms with Gasteiger partial charge >= 0.3 is 0 Å². The van der Waals surface area contributed by atoms with Gasteiger partial charge in [-0.1, -0.05) is 0 Å². The number of anilines is 1. The molecule has 6 heteroatoms. The fourth-order valence-corrected chi connectivity index (χ4v) is 3.18. The number of methoxy groups -OCH3 is 1. The summed E-state index contributed by atoms with van der Waals surface area (Å²) in [5.41, 5.74) is 0.916. The van der Waals surface area contributed by atoms with Crippen molar-refractivity contribution in [3.05, 3.63) is 24.3 Å². The molecule has 5 nitrogen and oxygen atoms in total. The average Bonchev–Trinajstić information content (AvgIpc) is 3.20. The Morgan fingerprint density at radius 2 is 1.95 bits per heavy atom. The summed E-state index contributed by atoms with van der Waals surface area (Å²) in [6.45, 7) is 2.77. The van der Waals surface area contributed by atoms with Crippen molar-refractivity contribution >= 4 is 15.7 Å². The number of benzene rings is 1. The second kappa shape index (κ2) is 6.56. The highest BCUT2D eigenvalue weighted by molar-refractivity contribution is 7.89. The first-order chi connectivity index (χ1) is 9.51. The zero-order valence-corrected chi connectivity index (χ0v) is 12.7. The van der Waals surface area contributed by atoms with E-state index in [2.05, 4.69) is 17.0 Å². The summed E-state index contributed by atoms with van der Waals surface area (Å²) in [6, 6.07) is 7.27. The third-order valence-corrected chi connectivity index (χ3v) is 4.77. The van der Waals surface area contributed by atoms with Gasteiger partial charge in [-0.3, -0.25) is 0 Å². The molecule has 0 saturated heterocycles. The first-order valence-corrected chi connectivity index (χ1v) is 8.37. The molecule has 0 aliphatic heterocycles. The molecule has 0 amide bonds. The van der Waals surface area contributed by atoms with Crippen molar-refractivity contribution in [3.63, 3.8) is 0 Å². The summed E-state index contributed by atoms with van der Waals surface area (Å²) >= 11 is 0. The molecule has 1 aliphatic rings. The van der Waals surface area contributed by atoms with Crippen LogP contribution in [0.5, 0.6) is 0 Å². The van der Waals surface area contributed by atoms with Gasteiger partial charge in [0, 0.05) is 31.5 Å². The molecule has 0 radical (unpaired) electrons. The third kappa shape index (κ3) is 4.47. The fraction of sp³-hybridized carbons (Fsp3) is 0.571. The lowest BCUT2D eigenvalue weighted by molar-refractivity contribution is 0.191. The Bertz CT molecular complexity index is 524. The quantitative estimate of drug-likeness (QED) is 0.770. The van der Waals surface area contributed by atoms with E-state index in [9.17, 15) is 8.42 Å². The van der Waals surface area contributed by atoms with E-state index in [1.54, 1.807) is 31.4 Å². The molecule has 0 bridgehead atoms. The van der Waals surface area contributed by atoms with E-state index < -0.39 is 10.0 Å². The second-order valence-corrected chi connectivity index (χ2v) is 6.96. The summed E-state index contributed by atoms with van der Waals surface area (Å²) in [6.07, 6.45) is 2.78. The largest absolute Gasteiger partial charge is 0.385 e. The maximum absolute atomic E-state index is 12.0. The topological polar surface area (TPSA) is 67.4 Å². The van der Waals surface area contributed by atoms with Gasteiger partial charge in [0.15, 0.2) is 0 Å². The Hall–Kier alpha value is -1.11. The van der Waals surface area contributed by atoms with Crippen molar-refractivity contribution in [2.24, 2.45) is 0 Å². The number of sulfonamides is 1. The highest BCUT2D eigenvalue weighted by Crippen LogP contribution is 2.23. The van der Waals surface area contributed by atoms with Crippen LogP contribution in [0.3, 0.4) is 0 Å². The highest BCUT2D eigenvalue weighted by atomic mass is 32.2. The van der Waals surface area contributed by atoms with Crippen molar-refractivity contribution < 1.29 is 13.2 Å². The lowest BCUT2D eigenvalue weighted by Crippen LogP contribution is -2.25. The molecule has 1 aliphatic carbocycles. The van der Waals surface area contributed by atoms with E-state index in [1.165, 1.54) is 0 Å². The predicted octanol–water partition coefficient (Wildman–Crippen LogP) is 1.96. The van der Waals surface area contributed by atoms with Crippen LogP contribution in [0, 0.1) is 0 Å². The molecule has 1 unspecified atom stereocenters. The van der Waals surface area contributed by atoms with Crippen molar-refractivity contribution in [3.8, 4) is 0 Å². The molecule has 0 aromatic heterocycles. The Morgan fingerprint density at radius 1 is 1.30 bits per heavy atom. The molecule has 1 aromatic carbocycles. The minimum absolute atomic E-state index is 0.131. The molecule has 1 saturated carbocycles. The van der Waals surface area contributed by atoms with Crippen LogP contribution >= 0.6 is 0 Å². The zero-order valence-electron chi connectivity index (χ0n) is 11.9. The Balaban J connectivity index is 1.95. The normalized spacial score (nSPS) is 16.9. The van der Waals surface area contributed by atoms with Crippen molar-refractivity contribution in [2.75, 3.05) is 19.0 Å². The standard InChI is InChI=1S/C14H22N2O3S/c1-11(9-10-19-2)15-12-5-7-14(8-6-12)20(17,18)16-13-3-4-13/h5-8,11,13,15-16H,3-4,9-10H2,1-2H3. The summed E-state index contributed by atoms with van der Waals surface area (Å²) in [5, 5.41) is 3.31. The van der Waals surface area contributed by atoms with Crippen LogP contribution < -0.4 is 10.0 Å². The van der Waals surface area contributed by atoms with Gasteiger partial charge in [-0.2, -0.15) is 0 Å². The van der Waals surface area contributed by atoms with Crippen LogP contribution in [0.2, 0.25) is 0 Å². The molecular formula is C14H22N2O3S. The van der Waals surface area contributed by atoms with Gasteiger partial charge in [-0.15, -0.1) is 0 Å². The Kier molecular flexibility index (Phi) is 5.01. The fourth-order valence-electron chi connectivity index (χ4n) is 1.87. The molecule has 2 rings (SSSR count). The van der Waals surface area contributed by atoms with Crippen LogP contribution in [0.15, 0.2) is 29.2 Å². The SMILES string of the molecule is COCCC(C)Nc1ccc(S(=O)(=O)NC2CC2)cc1. The number of rotatable bonds is 8. The number of hydrogen-bond acceptors (Lipinski definition) is 4. The predicted molar refractivity (Wildman–Crippen MR) is 79.4 cm³/mol. The van der Waals surface area contributed by atoms with E-state index >= 15 is 0 Å². The number of nitrogens with one attached hydrogen (secondary N) is 2. The van der Waals surface area contributed by atoms with Gasteiger partial charge in [0.25, 0.3) is 0 Å². The van der Waals surface area contributed by atoms with E-state index in [4.69, 9.17) is 4.74 Å².